The fourth-order valence-electron chi connectivity index (χ4n) is 3.67. The first kappa shape index (κ1) is 20.0. The Hall–Kier alpha value is -1.30. The molecule has 5 nitrogen and oxygen atoms in total. The van der Waals surface area contributed by atoms with Crippen molar-refractivity contribution in [1.82, 2.24) is 15.1 Å². The molecule has 1 unspecified atom stereocenters. The topological polar surface area (TPSA) is 52.7 Å². The summed E-state index contributed by atoms with van der Waals surface area (Å²) < 4.78 is 0. The van der Waals surface area contributed by atoms with Gasteiger partial charge in [0.2, 0.25) is 11.8 Å². The summed E-state index contributed by atoms with van der Waals surface area (Å²) in [5, 5.41) is 4.07. The Kier molecular flexibility index (Phi) is 7.11. The lowest BCUT2D eigenvalue weighted by Gasteiger charge is -2.40. The second-order valence-electron chi connectivity index (χ2n) is 6.55. The van der Waals surface area contributed by atoms with Crippen molar-refractivity contribution in [2.75, 3.05) is 32.7 Å². The van der Waals surface area contributed by atoms with E-state index in [-0.39, 0.29) is 36.2 Å². The Balaban J connectivity index is 0.00000225. The van der Waals surface area contributed by atoms with Gasteiger partial charge in [-0.1, -0.05) is 29.8 Å². The minimum absolute atomic E-state index is 0. The number of carbonyl (C=O) groups is 2. The van der Waals surface area contributed by atoms with Crippen molar-refractivity contribution >= 4 is 35.8 Å². The van der Waals surface area contributed by atoms with Crippen molar-refractivity contribution in [2.45, 2.75) is 25.8 Å². The average molecular weight is 386 g/mol. The van der Waals surface area contributed by atoms with Gasteiger partial charge in [0.25, 0.3) is 0 Å². The molecule has 7 heteroatoms. The summed E-state index contributed by atoms with van der Waals surface area (Å²) in [6.45, 7) is 5.16. The van der Waals surface area contributed by atoms with E-state index >= 15 is 0 Å². The van der Waals surface area contributed by atoms with Crippen LogP contribution in [0.3, 0.4) is 0 Å². The number of piperidine rings is 1. The van der Waals surface area contributed by atoms with Crippen molar-refractivity contribution < 1.29 is 9.59 Å². The van der Waals surface area contributed by atoms with E-state index in [4.69, 9.17) is 11.6 Å². The Morgan fingerprint density at radius 2 is 1.84 bits per heavy atom. The maximum Gasteiger partial charge on any atom is 0.226 e. The Morgan fingerprint density at radius 1 is 1.16 bits per heavy atom. The molecule has 2 fully saturated rings. The van der Waals surface area contributed by atoms with Crippen LogP contribution in [0.5, 0.6) is 0 Å². The molecule has 2 saturated heterocycles. The number of benzene rings is 1. The normalized spacial score (nSPS) is 21.6. The summed E-state index contributed by atoms with van der Waals surface area (Å²) in [4.78, 5) is 28.3. The molecule has 1 N–H and O–H groups in total. The Bertz CT molecular complexity index is 618. The standard InChI is InChI=1S/C18H24ClN3O2.ClH/c1-13(23)21-9-6-14(7-10-21)18(24)22-11-8-20-12-17(22)15-4-2-3-5-16(15)19;/h2-5,14,17,20H,6-12H2,1H3;1H. The van der Waals surface area contributed by atoms with Crippen LogP contribution in [0.15, 0.2) is 24.3 Å². The van der Waals surface area contributed by atoms with Crippen LogP contribution in [0, 0.1) is 5.92 Å². The highest BCUT2D eigenvalue weighted by Crippen LogP contribution is 2.31. The molecule has 0 saturated carbocycles. The van der Waals surface area contributed by atoms with Crippen LogP contribution in [0.1, 0.15) is 31.4 Å². The first-order valence-corrected chi connectivity index (χ1v) is 8.97. The van der Waals surface area contributed by atoms with Gasteiger partial charge in [-0.15, -0.1) is 12.4 Å². The lowest BCUT2D eigenvalue weighted by atomic mass is 9.93. The molecule has 0 spiro atoms. The van der Waals surface area contributed by atoms with Crippen LogP contribution in [0.25, 0.3) is 0 Å². The van der Waals surface area contributed by atoms with Crippen molar-refractivity contribution in [3.63, 3.8) is 0 Å². The van der Waals surface area contributed by atoms with Gasteiger partial charge in [0.15, 0.2) is 0 Å². The molecule has 1 aromatic rings. The van der Waals surface area contributed by atoms with Crippen molar-refractivity contribution in [1.29, 1.82) is 0 Å². The fraction of sp³-hybridized carbons (Fsp3) is 0.556. The van der Waals surface area contributed by atoms with Crippen molar-refractivity contribution in [3.8, 4) is 0 Å². The highest BCUT2D eigenvalue weighted by molar-refractivity contribution is 6.31. The van der Waals surface area contributed by atoms with Gasteiger partial charge in [0.05, 0.1) is 6.04 Å². The van der Waals surface area contributed by atoms with Crippen molar-refractivity contribution in [2.24, 2.45) is 5.92 Å². The third kappa shape index (κ3) is 4.46. The molecule has 0 aromatic heterocycles. The Morgan fingerprint density at radius 3 is 2.48 bits per heavy atom. The molecule has 1 aromatic carbocycles. The molecule has 3 rings (SSSR count). The maximum absolute atomic E-state index is 13.1. The van der Waals surface area contributed by atoms with Gasteiger partial charge in [-0.25, -0.2) is 0 Å². The molecule has 0 bridgehead atoms. The van der Waals surface area contributed by atoms with Gasteiger partial charge in [0, 0.05) is 50.6 Å². The minimum atomic E-state index is -0.0224. The van der Waals surface area contributed by atoms with Crippen LogP contribution in [0.4, 0.5) is 0 Å². The molecule has 2 aliphatic rings. The number of hydrogen-bond acceptors (Lipinski definition) is 3. The molecule has 25 heavy (non-hydrogen) atoms. The zero-order chi connectivity index (χ0) is 17.1. The van der Waals surface area contributed by atoms with E-state index in [1.54, 1.807) is 6.92 Å². The highest BCUT2D eigenvalue weighted by Gasteiger charge is 2.35. The van der Waals surface area contributed by atoms with Crippen LogP contribution >= 0.6 is 24.0 Å². The molecule has 0 radical (unpaired) electrons. The lowest BCUT2D eigenvalue weighted by molar-refractivity contribution is -0.142. The number of likely N-dealkylation sites (tertiary alicyclic amines) is 1. The summed E-state index contributed by atoms with van der Waals surface area (Å²) in [5.41, 5.74) is 1.00. The van der Waals surface area contributed by atoms with Gasteiger partial charge in [-0.3, -0.25) is 9.59 Å². The SMILES string of the molecule is CC(=O)N1CCC(C(=O)N2CCNCC2c2ccccc2Cl)CC1.Cl. The van der Waals surface area contributed by atoms with Crippen LogP contribution < -0.4 is 5.32 Å². The van der Waals surface area contributed by atoms with Crippen LogP contribution in [0.2, 0.25) is 5.02 Å². The molecule has 1 atom stereocenters. The number of nitrogens with one attached hydrogen (secondary N) is 1. The quantitative estimate of drug-likeness (QED) is 0.850. The largest absolute Gasteiger partial charge is 0.343 e. The molecule has 138 valence electrons. The first-order valence-electron chi connectivity index (χ1n) is 8.59. The monoisotopic (exact) mass is 385 g/mol. The van der Waals surface area contributed by atoms with Crippen LogP contribution in [-0.2, 0) is 9.59 Å². The van der Waals surface area contributed by atoms with Crippen molar-refractivity contribution in [3.05, 3.63) is 34.9 Å². The summed E-state index contributed by atoms with van der Waals surface area (Å²) >= 11 is 6.36. The number of piperazine rings is 1. The maximum atomic E-state index is 13.1. The molecular weight excluding hydrogens is 361 g/mol. The number of nitrogens with zero attached hydrogens (tertiary/aromatic N) is 2. The highest BCUT2D eigenvalue weighted by atomic mass is 35.5. The Labute approximate surface area is 160 Å². The summed E-state index contributed by atoms with van der Waals surface area (Å²) in [6, 6.07) is 7.72. The van der Waals surface area contributed by atoms with E-state index < -0.39 is 0 Å². The van der Waals surface area contributed by atoms with Gasteiger partial charge in [-0.2, -0.15) is 0 Å². The predicted octanol–water partition coefficient (Wildman–Crippen LogP) is 2.49. The smallest absolute Gasteiger partial charge is 0.226 e. The third-order valence-corrected chi connectivity index (χ3v) is 5.42. The second kappa shape index (κ2) is 8.88. The zero-order valence-corrected chi connectivity index (χ0v) is 16.0. The number of carbonyl (C=O) groups excluding carboxylic acids is 2. The molecule has 2 aliphatic heterocycles. The van der Waals surface area contributed by atoms with Gasteiger partial charge < -0.3 is 15.1 Å². The fourth-order valence-corrected chi connectivity index (χ4v) is 3.93. The van der Waals surface area contributed by atoms with E-state index in [1.807, 2.05) is 34.1 Å². The molecule has 2 amide bonds. The molecule has 2 heterocycles. The van der Waals surface area contributed by atoms with E-state index in [0.717, 1.165) is 31.5 Å². The lowest BCUT2D eigenvalue weighted by Crippen LogP contribution is -2.52. The number of rotatable bonds is 2. The second-order valence-corrected chi connectivity index (χ2v) is 6.96. The molecule has 0 aliphatic carbocycles. The minimum Gasteiger partial charge on any atom is -0.343 e. The van der Waals surface area contributed by atoms with Gasteiger partial charge >= 0.3 is 0 Å². The summed E-state index contributed by atoms with van der Waals surface area (Å²) in [7, 11) is 0. The number of halogens is 2. The number of amides is 2. The van der Waals surface area contributed by atoms with E-state index in [1.165, 1.54) is 0 Å². The zero-order valence-electron chi connectivity index (χ0n) is 14.4. The van der Waals surface area contributed by atoms with E-state index in [2.05, 4.69) is 5.32 Å². The predicted molar refractivity (Wildman–Crippen MR) is 101 cm³/mol. The average Bonchev–Trinajstić information content (AvgIpc) is 2.62. The van der Waals surface area contributed by atoms with Crippen LogP contribution in [-0.4, -0.2) is 54.3 Å². The van der Waals surface area contributed by atoms with E-state index in [0.29, 0.717) is 24.7 Å². The van der Waals surface area contributed by atoms with Gasteiger partial charge in [0.1, 0.15) is 0 Å². The van der Waals surface area contributed by atoms with E-state index in [9.17, 15) is 9.59 Å². The number of hydrogen-bond donors (Lipinski definition) is 1. The summed E-state index contributed by atoms with van der Waals surface area (Å²) in [5.74, 6) is 0.297. The molecular formula is C18H25Cl2N3O2. The van der Waals surface area contributed by atoms with Gasteiger partial charge in [-0.05, 0) is 24.5 Å². The third-order valence-electron chi connectivity index (χ3n) is 5.08. The summed E-state index contributed by atoms with van der Waals surface area (Å²) in [6.07, 6.45) is 1.50. The first-order chi connectivity index (χ1) is 11.6.